The van der Waals surface area contributed by atoms with Gasteiger partial charge in [-0.3, -0.25) is 9.59 Å². The maximum atomic E-state index is 13.5. The van der Waals surface area contributed by atoms with Gasteiger partial charge in [0.2, 0.25) is 11.8 Å². The SMILES string of the molecule is CCCCNC(=O)[C@H](CC)N(Cc1ccccc1Cl)C(=O)CCc1cccc2ccccc12. The van der Waals surface area contributed by atoms with Crippen LogP contribution in [0.15, 0.2) is 66.7 Å². The molecule has 0 heterocycles. The average molecular weight is 465 g/mol. The molecule has 4 nitrogen and oxygen atoms in total. The summed E-state index contributed by atoms with van der Waals surface area (Å²) in [6.45, 7) is 4.97. The Hall–Kier alpha value is -2.85. The van der Waals surface area contributed by atoms with Crippen LogP contribution in [0.5, 0.6) is 0 Å². The first-order valence-electron chi connectivity index (χ1n) is 11.8. The zero-order valence-corrected chi connectivity index (χ0v) is 20.3. The molecular formula is C28H33ClN2O2. The van der Waals surface area contributed by atoms with E-state index < -0.39 is 6.04 Å². The van der Waals surface area contributed by atoms with Gasteiger partial charge >= 0.3 is 0 Å². The summed E-state index contributed by atoms with van der Waals surface area (Å²) in [5, 5.41) is 5.93. The van der Waals surface area contributed by atoms with Crippen molar-refractivity contribution in [3.05, 3.63) is 82.9 Å². The molecule has 0 aliphatic carbocycles. The molecule has 2 amide bonds. The molecule has 3 aromatic rings. The third-order valence-corrected chi connectivity index (χ3v) is 6.37. The molecule has 0 unspecified atom stereocenters. The van der Waals surface area contributed by atoms with Gasteiger partial charge in [-0.1, -0.05) is 92.5 Å². The van der Waals surface area contributed by atoms with Crippen LogP contribution in [0.25, 0.3) is 10.8 Å². The Balaban J connectivity index is 1.81. The van der Waals surface area contributed by atoms with Gasteiger partial charge in [0, 0.05) is 24.5 Å². The second-order valence-corrected chi connectivity index (χ2v) is 8.73. The highest BCUT2D eigenvalue weighted by Crippen LogP contribution is 2.23. The molecule has 0 spiro atoms. The van der Waals surface area contributed by atoms with E-state index >= 15 is 0 Å². The molecule has 0 saturated carbocycles. The molecule has 174 valence electrons. The van der Waals surface area contributed by atoms with Crippen LogP contribution in [0, 0.1) is 0 Å². The molecule has 0 aliphatic heterocycles. The fourth-order valence-corrected chi connectivity index (χ4v) is 4.33. The lowest BCUT2D eigenvalue weighted by atomic mass is 10.00. The van der Waals surface area contributed by atoms with Crippen LogP contribution in [0.3, 0.4) is 0 Å². The molecule has 5 heteroatoms. The molecule has 0 radical (unpaired) electrons. The zero-order valence-electron chi connectivity index (χ0n) is 19.5. The van der Waals surface area contributed by atoms with Crippen molar-refractivity contribution in [3.63, 3.8) is 0 Å². The van der Waals surface area contributed by atoms with E-state index in [-0.39, 0.29) is 11.8 Å². The maximum absolute atomic E-state index is 13.5. The van der Waals surface area contributed by atoms with Gasteiger partial charge in [0.05, 0.1) is 0 Å². The third-order valence-electron chi connectivity index (χ3n) is 6.00. The van der Waals surface area contributed by atoms with Crippen molar-refractivity contribution in [2.75, 3.05) is 6.54 Å². The number of carbonyl (C=O) groups is 2. The number of unbranched alkanes of at least 4 members (excludes halogenated alkanes) is 1. The van der Waals surface area contributed by atoms with E-state index in [1.165, 1.54) is 0 Å². The fraction of sp³-hybridized carbons (Fsp3) is 0.357. The summed E-state index contributed by atoms with van der Waals surface area (Å²) in [6.07, 6.45) is 3.42. The van der Waals surface area contributed by atoms with Crippen LogP contribution in [0.1, 0.15) is 50.7 Å². The molecule has 3 rings (SSSR count). The normalized spacial score (nSPS) is 11.8. The zero-order chi connectivity index (χ0) is 23.6. The van der Waals surface area contributed by atoms with Gasteiger partial charge < -0.3 is 10.2 Å². The van der Waals surface area contributed by atoms with Gasteiger partial charge in [-0.25, -0.2) is 0 Å². The second-order valence-electron chi connectivity index (χ2n) is 8.32. The Morgan fingerprint density at radius 2 is 1.64 bits per heavy atom. The summed E-state index contributed by atoms with van der Waals surface area (Å²) in [6, 6.07) is 21.4. The molecule has 33 heavy (non-hydrogen) atoms. The number of fused-ring (bicyclic) bond motifs is 1. The standard InChI is InChI=1S/C28H33ClN2O2/c1-3-5-19-30-28(33)26(4-2)31(20-23-12-7-9-16-25(23)29)27(32)18-17-22-14-10-13-21-11-6-8-15-24(21)22/h6-16,26H,3-5,17-20H2,1-2H3,(H,30,33)/t26-/m0/s1. The summed E-state index contributed by atoms with van der Waals surface area (Å²) in [4.78, 5) is 28.2. The van der Waals surface area contributed by atoms with Gasteiger partial charge in [0.1, 0.15) is 6.04 Å². The number of hydrogen-bond donors (Lipinski definition) is 1. The molecule has 3 aromatic carbocycles. The van der Waals surface area contributed by atoms with Crippen LogP contribution in [-0.2, 0) is 22.6 Å². The van der Waals surface area contributed by atoms with Crippen LogP contribution in [-0.4, -0.2) is 29.3 Å². The largest absolute Gasteiger partial charge is 0.354 e. The highest BCUT2D eigenvalue weighted by molar-refractivity contribution is 6.31. The Morgan fingerprint density at radius 3 is 2.39 bits per heavy atom. The van der Waals surface area contributed by atoms with E-state index in [0.29, 0.717) is 37.4 Å². The van der Waals surface area contributed by atoms with Crippen LogP contribution in [0.4, 0.5) is 0 Å². The number of amides is 2. The molecule has 0 fully saturated rings. The topological polar surface area (TPSA) is 49.4 Å². The Kier molecular flexibility index (Phi) is 9.32. The third kappa shape index (κ3) is 6.58. The summed E-state index contributed by atoms with van der Waals surface area (Å²) in [5.74, 6) is -0.142. The predicted octanol–water partition coefficient (Wildman–Crippen LogP) is 6.15. The number of nitrogens with zero attached hydrogens (tertiary/aromatic N) is 1. The minimum Gasteiger partial charge on any atom is -0.354 e. The van der Waals surface area contributed by atoms with E-state index in [9.17, 15) is 9.59 Å². The summed E-state index contributed by atoms with van der Waals surface area (Å²) < 4.78 is 0. The minimum absolute atomic E-state index is 0.0413. The number of nitrogens with one attached hydrogen (secondary N) is 1. The lowest BCUT2D eigenvalue weighted by Gasteiger charge is -2.31. The quantitative estimate of drug-likeness (QED) is 0.346. The van der Waals surface area contributed by atoms with Crippen molar-refractivity contribution in [1.82, 2.24) is 10.2 Å². The summed E-state index contributed by atoms with van der Waals surface area (Å²) >= 11 is 6.40. The molecular weight excluding hydrogens is 432 g/mol. The average Bonchev–Trinajstić information content (AvgIpc) is 2.83. The highest BCUT2D eigenvalue weighted by Gasteiger charge is 2.28. The van der Waals surface area contributed by atoms with Gasteiger partial charge in [-0.15, -0.1) is 0 Å². The summed E-state index contributed by atoms with van der Waals surface area (Å²) in [5.41, 5.74) is 1.98. The van der Waals surface area contributed by atoms with Crippen molar-refractivity contribution in [2.45, 2.75) is 58.5 Å². The summed E-state index contributed by atoms with van der Waals surface area (Å²) in [7, 11) is 0. The number of hydrogen-bond acceptors (Lipinski definition) is 2. The van der Waals surface area contributed by atoms with Crippen molar-refractivity contribution < 1.29 is 9.59 Å². The number of halogens is 1. The van der Waals surface area contributed by atoms with Crippen molar-refractivity contribution in [1.29, 1.82) is 0 Å². The highest BCUT2D eigenvalue weighted by atomic mass is 35.5. The van der Waals surface area contributed by atoms with Crippen molar-refractivity contribution in [2.24, 2.45) is 0 Å². The number of aryl methyl sites for hydroxylation is 1. The molecule has 1 atom stereocenters. The lowest BCUT2D eigenvalue weighted by Crippen LogP contribution is -2.49. The van der Waals surface area contributed by atoms with Gasteiger partial charge in [0.25, 0.3) is 0 Å². The molecule has 0 aliphatic rings. The van der Waals surface area contributed by atoms with E-state index in [4.69, 9.17) is 11.6 Å². The first-order valence-corrected chi connectivity index (χ1v) is 12.2. The Morgan fingerprint density at radius 1 is 0.939 bits per heavy atom. The number of rotatable bonds is 11. The van der Waals surface area contributed by atoms with Crippen molar-refractivity contribution in [3.8, 4) is 0 Å². The maximum Gasteiger partial charge on any atom is 0.242 e. The van der Waals surface area contributed by atoms with Crippen molar-refractivity contribution >= 4 is 34.2 Å². The van der Waals surface area contributed by atoms with Crippen LogP contribution >= 0.6 is 11.6 Å². The van der Waals surface area contributed by atoms with Gasteiger partial charge in [-0.2, -0.15) is 0 Å². The smallest absolute Gasteiger partial charge is 0.242 e. The Labute approximate surface area is 201 Å². The van der Waals surface area contributed by atoms with E-state index in [0.717, 1.165) is 34.7 Å². The van der Waals surface area contributed by atoms with Crippen LogP contribution < -0.4 is 5.32 Å². The van der Waals surface area contributed by atoms with E-state index in [1.54, 1.807) is 4.90 Å². The molecule has 1 N–H and O–H groups in total. The van der Waals surface area contributed by atoms with E-state index in [1.807, 2.05) is 49.4 Å². The fourth-order valence-electron chi connectivity index (χ4n) is 4.13. The van der Waals surface area contributed by atoms with Crippen LogP contribution in [0.2, 0.25) is 5.02 Å². The van der Waals surface area contributed by atoms with E-state index in [2.05, 4.69) is 36.5 Å². The first-order chi connectivity index (χ1) is 16.0. The second kappa shape index (κ2) is 12.4. The molecule has 0 saturated heterocycles. The monoisotopic (exact) mass is 464 g/mol. The predicted molar refractivity (Wildman–Crippen MR) is 136 cm³/mol. The van der Waals surface area contributed by atoms with Gasteiger partial charge in [-0.05, 0) is 47.2 Å². The molecule has 0 bridgehead atoms. The minimum atomic E-state index is -0.529. The number of benzene rings is 3. The Bertz CT molecular complexity index is 1080. The first kappa shape index (κ1) is 24.8. The molecule has 0 aromatic heterocycles. The van der Waals surface area contributed by atoms with Gasteiger partial charge in [0.15, 0.2) is 0 Å². The number of carbonyl (C=O) groups excluding carboxylic acids is 2. The lowest BCUT2D eigenvalue weighted by molar-refractivity contribution is -0.141.